The van der Waals surface area contributed by atoms with E-state index >= 15 is 0 Å². The van der Waals surface area contributed by atoms with Crippen molar-refractivity contribution in [3.05, 3.63) is 34.4 Å². The highest BCUT2D eigenvalue weighted by Crippen LogP contribution is 2.22. The van der Waals surface area contributed by atoms with Crippen LogP contribution in [0.3, 0.4) is 0 Å². The summed E-state index contributed by atoms with van der Waals surface area (Å²) in [6.07, 6.45) is 4.98. The summed E-state index contributed by atoms with van der Waals surface area (Å²) >= 11 is 0. The molecule has 2 rings (SSSR count). The molecule has 5 nitrogen and oxygen atoms in total. The van der Waals surface area contributed by atoms with E-state index in [-0.39, 0.29) is 10.6 Å². The summed E-state index contributed by atoms with van der Waals surface area (Å²) in [5.41, 5.74) is 0.770. The standard InChI is InChI=1S/C14H21N3O2/c18-17(19)14-8-3-2-7-13(14)15-9-6-12-16-10-4-1-5-11-16/h2-3,7-8,15H,1,4-6,9-12H2. The minimum absolute atomic E-state index is 0.153. The first-order chi connectivity index (χ1) is 9.27. The Morgan fingerprint density at radius 1 is 1.21 bits per heavy atom. The van der Waals surface area contributed by atoms with E-state index in [0.717, 1.165) is 19.5 Å². The summed E-state index contributed by atoms with van der Waals surface area (Å²) in [6, 6.07) is 6.81. The van der Waals surface area contributed by atoms with Gasteiger partial charge in [0, 0.05) is 12.6 Å². The van der Waals surface area contributed by atoms with Gasteiger partial charge < -0.3 is 10.2 Å². The van der Waals surface area contributed by atoms with Crippen molar-refractivity contribution < 1.29 is 4.92 Å². The molecule has 1 N–H and O–H groups in total. The van der Waals surface area contributed by atoms with Gasteiger partial charge in [0.05, 0.1) is 4.92 Å². The molecule has 0 spiro atoms. The largest absolute Gasteiger partial charge is 0.379 e. The lowest BCUT2D eigenvalue weighted by Crippen LogP contribution is -2.31. The molecule has 0 aliphatic carbocycles. The van der Waals surface area contributed by atoms with Crippen molar-refractivity contribution in [3.8, 4) is 0 Å². The molecule has 0 aromatic heterocycles. The van der Waals surface area contributed by atoms with Crippen LogP contribution in [-0.4, -0.2) is 36.0 Å². The van der Waals surface area contributed by atoms with Crippen molar-refractivity contribution in [2.45, 2.75) is 25.7 Å². The first-order valence-corrected chi connectivity index (χ1v) is 6.97. The molecule has 0 saturated carbocycles. The fourth-order valence-electron chi connectivity index (χ4n) is 2.49. The number of nitrogens with one attached hydrogen (secondary N) is 1. The van der Waals surface area contributed by atoms with Crippen LogP contribution in [0.15, 0.2) is 24.3 Å². The molecule has 0 amide bonds. The van der Waals surface area contributed by atoms with Crippen LogP contribution in [0.4, 0.5) is 11.4 Å². The normalized spacial score (nSPS) is 16.2. The Labute approximate surface area is 113 Å². The number of nitro groups is 1. The zero-order valence-electron chi connectivity index (χ0n) is 11.2. The van der Waals surface area contributed by atoms with Crippen molar-refractivity contribution in [2.24, 2.45) is 0 Å². The first kappa shape index (κ1) is 13.8. The summed E-state index contributed by atoms with van der Waals surface area (Å²) in [5.74, 6) is 0. The van der Waals surface area contributed by atoms with E-state index in [1.54, 1.807) is 12.1 Å². The molecule has 0 bridgehead atoms. The van der Waals surface area contributed by atoms with Crippen molar-refractivity contribution in [3.63, 3.8) is 0 Å². The highest BCUT2D eigenvalue weighted by Gasteiger charge is 2.12. The van der Waals surface area contributed by atoms with Gasteiger partial charge in [-0.2, -0.15) is 0 Å². The van der Waals surface area contributed by atoms with Gasteiger partial charge in [0.25, 0.3) is 5.69 Å². The van der Waals surface area contributed by atoms with E-state index in [9.17, 15) is 10.1 Å². The third-order valence-corrected chi connectivity index (χ3v) is 3.52. The van der Waals surface area contributed by atoms with E-state index in [2.05, 4.69) is 10.2 Å². The zero-order valence-corrected chi connectivity index (χ0v) is 11.2. The summed E-state index contributed by atoms with van der Waals surface area (Å²) < 4.78 is 0. The maximum Gasteiger partial charge on any atom is 0.292 e. The molecule has 0 unspecified atom stereocenters. The van der Waals surface area contributed by atoms with Gasteiger partial charge in [0.2, 0.25) is 0 Å². The van der Waals surface area contributed by atoms with Crippen molar-refractivity contribution in [1.82, 2.24) is 4.90 Å². The quantitative estimate of drug-likeness (QED) is 0.487. The molecule has 1 heterocycles. The van der Waals surface area contributed by atoms with E-state index in [1.807, 2.05) is 6.07 Å². The molecule has 19 heavy (non-hydrogen) atoms. The van der Waals surface area contributed by atoms with Gasteiger partial charge in [-0.05, 0) is 45.0 Å². The van der Waals surface area contributed by atoms with Crippen LogP contribution in [-0.2, 0) is 0 Å². The number of nitrogens with zero attached hydrogens (tertiary/aromatic N) is 2. The zero-order chi connectivity index (χ0) is 13.5. The SMILES string of the molecule is O=[N+]([O-])c1ccccc1NCCCN1CCCCC1. The highest BCUT2D eigenvalue weighted by molar-refractivity contribution is 5.60. The molecular weight excluding hydrogens is 242 g/mol. The van der Waals surface area contributed by atoms with Gasteiger partial charge in [-0.15, -0.1) is 0 Å². The maximum atomic E-state index is 10.9. The fraction of sp³-hybridized carbons (Fsp3) is 0.571. The molecule has 1 aromatic carbocycles. The Morgan fingerprint density at radius 3 is 2.68 bits per heavy atom. The van der Waals surface area contributed by atoms with E-state index in [4.69, 9.17) is 0 Å². The topological polar surface area (TPSA) is 58.4 Å². The Bertz CT molecular complexity index is 417. The minimum atomic E-state index is -0.340. The molecule has 104 valence electrons. The average Bonchev–Trinajstić information content (AvgIpc) is 2.45. The second kappa shape index (κ2) is 7.09. The smallest absolute Gasteiger partial charge is 0.292 e. The van der Waals surface area contributed by atoms with Gasteiger partial charge in [-0.25, -0.2) is 0 Å². The Balaban J connectivity index is 1.74. The number of anilines is 1. The third kappa shape index (κ3) is 4.21. The maximum absolute atomic E-state index is 10.9. The molecule has 1 fully saturated rings. The third-order valence-electron chi connectivity index (χ3n) is 3.52. The number of benzene rings is 1. The van der Waals surface area contributed by atoms with Crippen molar-refractivity contribution in [2.75, 3.05) is 31.5 Å². The van der Waals surface area contributed by atoms with Crippen LogP contribution >= 0.6 is 0 Å². The minimum Gasteiger partial charge on any atom is -0.379 e. The lowest BCUT2D eigenvalue weighted by Gasteiger charge is -2.26. The number of nitro benzene ring substituents is 1. The highest BCUT2D eigenvalue weighted by atomic mass is 16.6. The van der Waals surface area contributed by atoms with Crippen LogP contribution in [0, 0.1) is 10.1 Å². The van der Waals surface area contributed by atoms with Crippen LogP contribution in [0.25, 0.3) is 0 Å². The van der Waals surface area contributed by atoms with Crippen LogP contribution in [0.1, 0.15) is 25.7 Å². The lowest BCUT2D eigenvalue weighted by atomic mass is 10.1. The van der Waals surface area contributed by atoms with Crippen molar-refractivity contribution in [1.29, 1.82) is 0 Å². The number of hydrogen-bond donors (Lipinski definition) is 1. The summed E-state index contributed by atoms with van der Waals surface area (Å²) in [7, 11) is 0. The predicted octanol–water partition coefficient (Wildman–Crippen LogP) is 2.88. The monoisotopic (exact) mass is 263 g/mol. The molecule has 0 radical (unpaired) electrons. The first-order valence-electron chi connectivity index (χ1n) is 6.97. The molecular formula is C14H21N3O2. The number of likely N-dealkylation sites (tertiary alicyclic amines) is 1. The molecule has 5 heteroatoms. The predicted molar refractivity (Wildman–Crippen MR) is 76.5 cm³/mol. The molecule has 1 aliphatic rings. The fourth-order valence-corrected chi connectivity index (χ4v) is 2.49. The second-order valence-electron chi connectivity index (χ2n) is 4.96. The molecule has 1 saturated heterocycles. The molecule has 1 aliphatic heterocycles. The van der Waals surface area contributed by atoms with Gasteiger partial charge >= 0.3 is 0 Å². The number of rotatable bonds is 6. The lowest BCUT2D eigenvalue weighted by molar-refractivity contribution is -0.384. The average molecular weight is 263 g/mol. The second-order valence-corrected chi connectivity index (χ2v) is 4.96. The van der Waals surface area contributed by atoms with Gasteiger partial charge in [0.1, 0.15) is 5.69 Å². The van der Waals surface area contributed by atoms with Gasteiger partial charge in [0.15, 0.2) is 0 Å². The molecule has 0 atom stereocenters. The van der Waals surface area contributed by atoms with E-state index in [1.165, 1.54) is 38.4 Å². The Morgan fingerprint density at radius 2 is 1.95 bits per heavy atom. The van der Waals surface area contributed by atoms with Crippen LogP contribution in [0.2, 0.25) is 0 Å². The van der Waals surface area contributed by atoms with Gasteiger partial charge in [-0.3, -0.25) is 10.1 Å². The number of piperidine rings is 1. The molecule has 1 aromatic rings. The number of hydrogen-bond acceptors (Lipinski definition) is 4. The van der Waals surface area contributed by atoms with E-state index < -0.39 is 0 Å². The Kier molecular flexibility index (Phi) is 5.15. The summed E-state index contributed by atoms with van der Waals surface area (Å²) in [4.78, 5) is 13.0. The van der Waals surface area contributed by atoms with Gasteiger partial charge in [-0.1, -0.05) is 18.6 Å². The summed E-state index contributed by atoms with van der Waals surface area (Å²) in [6.45, 7) is 4.26. The Hall–Kier alpha value is -1.62. The van der Waals surface area contributed by atoms with E-state index in [0.29, 0.717) is 5.69 Å². The van der Waals surface area contributed by atoms with Crippen LogP contribution < -0.4 is 5.32 Å². The van der Waals surface area contributed by atoms with Crippen molar-refractivity contribution >= 4 is 11.4 Å². The summed E-state index contributed by atoms with van der Waals surface area (Å²) in [5, 5.41) is 14.0. The van der Waals surface area contributed by atoms with Crippen LogP contribution in [0.5, 0.6) is 0 Å². The number of para-hydroxylation sites is 2.